The number of rotatable bonds is 4. The van der Waals surface area contributed by atoms with Gasteiger partial charge in [0.2, 0.25) is 10.0 Å². The zero-order valence-electron chi connectivity index (χ0n) is 12.2. The zero-order chi connectivity index (χ0) is 15.5. The molecule has 0 aliphatic carbocycles. The number of methoxy groups -OCH3 is 1. The van der Waals surface area contributed by atoms with Gasteiger partial charge in [0.1, 0.15) is 0 Å². The van der Waals surface area contributed by atoms with Crippen molar-refractivity contribution in [2.45, 2.75) is 25.9 Å². The first-order valence-electron chi connectivity index (χ1n) is 6.82. The van der Waals surface area contributed by atoms with Gasteiger partial charge in [-0.3, -0.25) is 9.10 Å². The van der Waals surface area contributed by atoms with Crippen molar-refractivity contribution in [3.63, 3.8) is 0 Å². The average molecular weight is 312 g/mol. The van der Waals surface area contributed by atoms with E-state index in [1.54, 1.807) is 6.07 Å². The lowest BCUT2D eigenvalue weighted by Crippen LogP contribution is -2.41. The molecule has 1 N–H and O–H groups in total. The number of ether oxygens (including phenoxy) is 1. The van der Waals surface area contributed by atoms with E-state index in [1.165, 1.54) is 11.4 Å². The average Bonchev–Trinajstić information content (AvgIpc) is 2.65. The number of nitrogens with one attached hydrogen (secondary N) is 1. The maximum absolute atomic E-state index is 12.6. The van der Waals surface area contributed by atoms with Gasteiger partial charge in [-0.15, -0.1) is 0 Å². The number of para-hydroxylation sites is 1. The van der Waals surface area contributed by atoms with Crippen LogP contribution in [-0.4, -0.2) is 39.8 Å². The van der Waals surface area contributed by atoms with E-state index in [4.69, 9.17) is 0 Å². The second-order valence-corrected chi connectivity index (χ2v) is 7.10. The number of benzene rings is 1. The second-order valence-electron chi connectivity index (χ2n) is 5.08. The van der Waals surface area contributed by atoms with Gasteiger partial charge in [-0.05, 0) is 18.6 Å². The highest BCUT2D eigenvalue weighted by molar-refractivity contribution is 7.92. The van der Waals surface area contributed by atoms with Crippen LogP contribution in [0.4, 0.5) is 5.69 Å². The van der Waals surface area contributed by atoms with Gasteiger partial charge in [0, 0.05) is 19.1 Å². The molecule has 21 heavy (non-hydrogen) atoms. The molecule has 0 radical (unpaired) electrons. The normalized spacial score (nSPS) is 18.8. The zero-order valence-corrected chi connectivity index (χ0v) is 13.0. The van der Waals surface area contributed by atoms with E-state index in [-0.39, 0.29) is 18.2 Å². The van der Waals surface area contributed by atoms with Crippen molar-refractivity contribution in [1.29, 1.82) is 0 Å². The molecule has 7 heteroatoms. The molecule has 0 aromatic heterocycles. The number of fused-ring (bicyclic) bond motifs is 1. The second kappa shape index (κ2) is 6.44. The van der Waals surface area contributed by atoms with E-state index in [1.807, 2.05) is 25.1 Å². The van der Waals surface area contributed by atoms with Crippen LogP contribution in [0.2, 0.25) is 0 Å². The van der Waals surface area contributed by atoms with Crippen molar-refractivity contribution in [1.82, 2.24) is 5.32 Å². The van der Waals surface area contributed by atoms with Crippen LogP contribution in [0.1, 0.15) is 18.9 Å². The molecule has 1 atom stereocenters. The van der Waals surface area contributed by atoms with Crippen LogP contribution in [-0.2, 0) is 26.1 Å². The summed E-state index contributed by atoms with van der Waals surface area (Å²) in [6.45, 7) is 2.91. The fourth-order valence-electron chi connectivity index (χ4n) is 2.29. The number of carbonyl (C=O) groups excluding carboxylic acids is 1. The molecule has 0 spiro atoms. The fraction of sp³-hybridized carbons (Fsp3) is 0.500. The fourth-order valence-corrected chi connectivity index (χ4v) is 3.86. The third kappa shape index (κ3) is 3.74. The van der Waals surface area contributed by atoms with Gasteiger partial charge in [0.05, 0.1) is 25.0 Å². The lowest BCUT2D eigenvalue weighted by atomic mass is 10.2. The molecule has 1 aliphatic rings. The van der Waals surface area contributed by atoms with Crippen LogP contribution in [0.25, 0.3) is 0 Å². The molecule has 1 aromatic rings. The summed E-state index contributed by atoms with van der Waals surface area (Å²) >= 11 is 0. The number of nitrogens with zero attached hydrogens (tertiary/aromatic N) is 1. The van der Waals surface area contributed by atoms with Crippen molar-refractivity contribution in [3.8, 4) is 0 Å². The van der Waals surface area contributed by atoms with Gasteiger partial charge in [0.15, 0.2) is 0 Å². The van der Waals surface area contributed by atoms with E-state index >= 15 is 0 Å². The Morgan fingerprint density at radius 2 is 2.14 bits per heavy atom. The molecule has 2 rings (SSSR count). The number of esters is 1. The highest BCUT2D eigenvalue weighted by Crippen LogP contribution is 2.26. The van der Waals surface area contributed by atoms with Gasteiger partial charge in [0.25, 0.3) is 0 Å². The molecule has 1 unspecified atom stereocenters. The van der Waals surface area contributed by atoms with E-state index in [0.717, 1.165) is 5.56 Å². The Bertz CT molecular complexity index is 615. The molecule has 0 saturated heterocycles. The lowest BCUT2D eigenvalue weighted by Gasteiger charge is -2.25. The highest BCUT2D eigenvalue weighted by atomic mass is 32.2. The van der Waals surface area contributed by atoms with Gasteiger partial charge >= 0.3 is 5.97 Å². The monoisotopic (exact) mass is 312 g/mol. The van der Waals surface area contributed by atoms with E-state index in [2.05, 4.69) is 10.1 Å². The standard InChI is InChI=1S/C14H20N2O4S/c1-11-10-16(21(18,19)8-7-14(17)20-2)13-6-4-3-5-12(13)9-15-11/h3-6,11,15H,7-10H2,1-2H3. The number of anilines is 1. The van der Waals surface area contributed by atoms with Crippen molar-refractivity contribution in [2.75, 3.05) is 23.7 Å². The molecule has 0 amide bonds. The minimum absolute atomic E-state index is 0.0327. The SMILES string of the molecule is COC(=O)CCS(=O)(=O)N1CC(C)NCc2ccccc21. The topological polar surface area (TPSA) is 75.7 Å². The Morgan fingerprint density at radius 1 is 1.43 bits per heavy atom. The van der Waals surface area contributed by atoms with Crippen LogP contribution in [0, 0.1) is 0 Å². The summed E-state index contributed by atoms with van der Waals surface area (Å²) in [5.41, 5.74) is 1.61. The third-order valence-electron chi connectivity index (χ3n) is 3.47. The maximum atomic E-state index is 12.6. The van der Waals surface area contributed by atoms with Crippen molar-refractivity contribution in [3.05, 3.63) is 29.8 Å². The van der Waals surface area contributed by atoms with Crippen molar-refractivity contribution in [2.24, 2.45) is 0 Å². The summed E-state index contributed by atoms with van der Waals surface area (Å²) in [5.74, 6) is -0.770. The highest BCUT2D eigenvalue weighted by Gasteiger charge is 2.28. The molecule has 1 aliphatic heterocycles. The molecular weight excluding hydrogens is 292 g/mol. The van der Waals surface area contributed by atoms with Gasteiger partial charge in [-0.1, -0.05) is 18.2 Å². The predicted octanol–water partition coefficient (Wildman–Crippen LogP) is 0.878. The molecule has 0 saturated carbocycles. The largest absolute Gasteiger partial charge is 0.469 e. The summed E-state index contributed by atoms with van der Waals surface area (Å²) in [4.78, 5) is 11.2. The third-order valence-corrected chi connectivity index (χ3v) is 5.21. The molecule has 1 heterocycles. The van der Waals surface area contributed by atoms with Crippen molar-refractivity contribution >= 4 is 21.7 Å². The van der Waals surface area contributed by atoms with Crippen LogP contribution in [0.15, 0.2) is 24.3 Å². The number of carbonyl (C=O) groups is 1. The Balaban J connectivity index is 2.29. The van der Waals surface area contributed by atoms with E-state index < -0.39 is 16.0 Å². The van der Waals surface area contributed by atoms with Crippen LogP contribution in [0.5, 0.6) is 0 Å². The van der Waals surface area contributed by atoms with Gasteiger partial charge in [-0.2, -0.15) is 0 Å². The van der Waals surface area contributed by atoms with Gasteiger partial charge < -0.3 is 10.1 Å². The summed E-state index contributed by atoms with van der Waals surface area (Å²) < 4.78 is 31.0. The maximum Gasteiger partial charge on any atom is 0.306 e. The first-order chi connectivity index (χ1) is 9.94. The van der Waals surface area contributed by atoms with Crippen LogP contribution >= 0.6 is 0 Å². The smallest absolute Gasteiger partial charge is 0.306 e. The Kier molecular flexibility index (Phi) is 4.84. The van der Waals surface area contributed by atoms with E-state index in [9.17, 15) is 13.2 Å². The minimum atomic E-state index is -3.57. The lowest BCUT2D eigenvalue weighted by molar-refractivity contribution is -0.140. The van der Waals surface area contributed by atoms with Crippen LogP contribution < -0.4 is 9.62 Å². The van der Waals surface area contributed by atoms with E-state index in [0.29, 0.717) is 18.8 Å². The van der Waals surface area contributed by atoms with Crippen molar-refractivity contribution < 1.29 is 17.9 Å². The molecule has 1 aromatic carbocycles. The summed E-state index contributed by atoms with van der Waals surface area (Å²) in [6.07, 6.45) is -0.140. The summed E-state index contributed by atoms with van der Waals surface area (Å²) in [6, 6.07) is 7.44. The molecule has 6 nitrogen and oxygen atoms in total. The molecule has 0 bridgehead atoms. The first-order valence-corrected chi connectivity index (χ1v) is 8.43. The minimum Gasteiger partial charge on any atom is -0.469 e. The number of hydrogen-bond acceptors (Lipinski definition) is 5. The Labute approximate surface area is 125 Å². The quantitative estimate of drug-likeness (QED) is 0.835. The number of sulfonamides is 1. The first kappa shape index (κ1) is 15.8. The number of hydrogen-bond donors (Lipinski definition) is 1. The Hall–Kier alpha value is -1.60. The van der Waals surface area contributed by atoms with Crippen LogP contribution in [0.3, 0.4) is 0 Å². The summed E-state index contributed by atoms with van der Waals surface area (Å²) in [5, 5.41) is 3.28. The molecule has 116 valence electrons. The molecular formula is C14H20N2O4S. The Morgan fingerprint density at radius 3 is 2.86 bits per heavy atom. The molecule has 0 fully saturated rings. The predicted molar refractivity (Wildman–Crippen MR) is 80.5 cm³/mol. The summed E-state index contributed by atoms with van der Waals surface area (Å²) in [7, 11) is -2.31. The van der Waals surface area contributed by atoms with Gasteiger partial charge in [-0.25, -0.2) is 8.42 Å².